The van der Waals surface area contributed by atoms with E-state index in [4.69, 9.17) is 4.74 Å². The lowest BCUT2D eigenvalue weighted by atomic mass is 10.1. The van der Waals surface area contributed by atoms with Crippen LogP contribution in [0.2, 0.25) is 0 Å². The first-order valence-electron chi connectivity index (χ1n) is 6.96. The van der Waals surface area contributed by atoms with Crippen molar-refractivity contribution in [2.45, 2.75) is 18.9 Å². The number of carbonyl (C=O) groups excluding carboxylic acids is 1. The summed E-state index contributed by atoms with van der Waals surface area (Å²) in [6.07, 6.45) is 2.37. The molecule has 19 heavy (non-hydrogen) atoms. The standard InChI is InChI=1S/C14H20N2O2S/c17-14(15-5-7-18-8-6-15)10-16-4-1-2-13(16)12-3-9-19-11-12/h3,9,11,13H,1-2,4-8,10H2/t13-/m0/s1. The first kappa shape index (κ1) is 13.1. The van der Waals surface area contributed by atoms with Crippen LogP contribution < -0.4 is 0 Å². The lowest BCUT2D eigenvalue weighted by Gasteiger charge is -2.30. The van der Waals surface area contributed by atoms with Gasteiger partial charge in [0.2, 0.25) is 5.91 Å². The maximum absolute atomic E-state index is 12.3. The third kappa shape index (κ3) is 2.99. The molecule has 2 saturated heterocycles. The van der Waals surface area contributed by atoms with Crippen molar-refractivity contribution in [1.29, 1.82) is 0 Å². The zero-order valence-electron chi connectivity index (χ0n) is 11.1. The SMILES string of the molecule is O=C(CN1CCC[C@H]1c1ccsc1)N1CCOCC1. The second-order valence-corrected chi connectivity index (χ2v) is 5.96. The van der Waals surface area contributed by atoms with Gasteiger partial charge in [-0.3, -0.25) is 9.69 Å². The molecule has 0 spiro atoms. The monoisotopic (exact) mass is 280 g/mol. The van der Waals surface area contributed by atoms with Crippen molar-refractivity contribution < 1.29 is 9.53 Å². The average Bonchev–Trinajstić information content (AvgIpc) is 3.10. The molecule has 1 aromatic heterocycles. The van der Waals surface area contributed by atoms with E-state index >= 15 is 0 Å². The number of hydrogen-bond acceptors (Lipinski definition) is 4. The summed E-state index contributed by atoms with van der Waals surface area (Å²) in [5.41, 5.74) is 1.37. The van der Waals surface area contributed by atoms with Crippen molar-refractivity contribution in [1.82, 2.24) is 9.80 Å². The molecular weight excluding hydrogens is 260 g/mol. The molecule has 2 aliphatic heterocycles. The second kappa shape index (κ2) is 6.03. The average molecular weight is 280 g/mol. The number of likely N-dealkylation sites (tertiary alicyclic amines) is 1. The molecule has 0 aromatic carbocycles. The van der Waals surface area contributed by atoms with Crippen molar-refractivity contribution in [3.05, 3.63) is 22.4 Å². The van der Waals surface area contributed by atoms with Crippen LogP contribution in [0.1, 0.15) is 24.4 Å². The van der Waals surface area contributed by atoms with Gasteiger partial charge in [-0.2, -0.15) is 11.3 Å². The summed E-state index contributed by atoms with van der Waals surface area (Å²) in [6.45, 7) is 4.45. The Morgan fingerprint density at radius 2 is 2.21 bits per heavy atom. The molecular formula is C14H20N2O2S. The van der Waals surface area contributed by atoms with E-state index in [1.165, 1.54) is 18.4 Å². The molecule has 3 rings (SSSR count). The predicted molar refractivity (Wildman–Crippen MR) is 75.3 cm³/mol. The molecule has 0 aliphatic carbocycles. The van der Waals surface area contributed by atoms with E-state index in [0.717, 1.165) is 19.6 Å². The molecule has 0 N–H and O–H groups in total. The number of rotatable bonds is 3. The molecule has 4 nitrogen and oxygen atoms in total. The molecule has 104 valence electrons. The second-order valence-electron chi connectivity index (χ2n) is 5.18. The van der Waals surface area contributed by atoms with Gasteiger partial charge in [-0.25, -0.2) is 0 Å². The summed E-state index contributed by atoms with van der Waals surface area (Å²) in [6, 6.07) is 2.63. The Kier molecular flexibility index (Phi) is 4.15. The van der Waals surface area contributed by atoms with E-state index in [1.807, 2.05) is 4.90 Å². The molecule has 1 aromatic rings. The van der Waals surface area contributed by atoms with Crippen LogP contribution in [0.3, 0.4) is 0 Å². The highest BCUT2D eigenvalue weighted by Gasteiger charge is 2.29. The minimum Gasteiger partial charge on any atom is -0.378 e. The number of hydrogen-bond donors (Lipinski definition) is 0. The van der Waals surface area contributed by atoms with E-state index in [-0.39, 0.29) is 5.91 Å². The molecule has 0 saturated carbocycles. The van der Waals surface area contributed by atoms with Gasteiger partial charge in [-0.1, -0.05) is 0 Å². The molecule has 0 radical (unpaired) electrons. The number of nitrogens with zero attached hydrogens (tertiary/aromatic N) is 2. The molecule has 0 bridgehead atoms. The van der Waals surface area contributed by atoms with Gasteiger partial charge < -0.3 is 9.64 Å². The van der Waals surface area contributed by atoms with Crippen molar-refractivity contribution >= 4 is 17.2 Å². The van der Waals surface area contributed by atoms with Gasteiger partial charge in [0.15, 0.2) is 0 Å². The maximum Gasteiger partial charge on any atom is 0.236 e. The Bertz CT molecular complexity index is 415. The van der Waals surface area contributed by atoms with E-state index in [2.05, 4.69) is 21.7 Å². The Morgan fingerprint density at radius 3 is 2.95 bits per heavy atom. The van der Waals surface area contributed by atoms with Crippen LogP contribution in [0.25, 0.3) is 0 Å². The largest absolute Gasteiger partial charge is 0.378 e. The fourth-order valence-corrected chi connectivity index (χ4v) is 3.65. The Morgan fingerprint density at radius 1 is 1.37 bits per heavy atom. The van der Waals surface area contributed by atoms with Gasteiger partial charge in [0.05, 0.1) is 19.8 Å². The van der Waals surface area contributed by atoms with Crippen LogP contribution in [-0.4, -0.2) is 55.1 Å². The highest BCUT2D eigenvalue weighted by atomic mass is 32.1. The van der Waals surface area contributed by atoms with Crippen LogP contribution in [0.15, 0.2) is 16.8 Å². The summed E-state index contributed by atoms with van der Waals surface area (Å²) in [5, 5.41) is 4.33. The van der Waals surface area contributed by atoms with Gasteiger partial charge in [-0.15, -0.1) is 0 Å². The zero-order valence-corrected chi connectivity index (χ0v) is 11.9. The normalized spacial score (nSPS) is 24.8. The van der Waals surface area contributed by atoms with Gasteiger partial charge in [0.1, 0.15) is 0 Å². The number of morpholine rings is 1. The van der Waals surface area contributed by atoms with E-state index in [9.17, 15) is 4.79 Å². The summed E-state index contributed by atoms with van der Waals surface area (Å²) >= 11 is 1.74. The van der Waals surface area contributed by atoms with E-state index in [0.29, 0.717) is 25.8 Å². The van der Waals surface area contributed by atoms with Crippen LogP contribution in [0.5, 0.6) is 0 Å². The smallest absolute Gasteiger partial charge is 0.236 e. The first-order valence-corrected chi connectivity index (χ1v) is 7.90. The number of amides is 1. The van der Waals surface area contributed by atoms with Gasteiger partial charge in [0.25, 0.3) is 0 Å². The molecule has 5 heteroatoms. The van der Waals surface area contributed by atoms with Gasteiger partial charge >= 0.3 is 0 Å². The molecule has 3 heterocycles. The minimum atomic E-state index is 0.255. The fourth-order valence-electron chi connectivity index (χ4n) is 2.94. The Labute approximate surface area is 118 Å². The van der Waals surface area contributed by atoms with Crippen LogP contribution >= 0.6 is 11.3 Å². The highest BCUT2D eigenvalue weighted by Crippen LogP contribution is 2.32. The van der Waals surface area contributed by atoms with Gasteiger partial charge in [-0.05, 0) is 41.8 Å². The molecule has 1 amide bonds. The lowest BCUT2D eigenvalue weighted by molar-refractivity contribution is -0.136. The number of carbonyl (C=O) groups is 1. The summed E-state index contributed by atoms with van der Waals surface area (Å²) in [7, 11) is 0. The fraction of sp³-hybridized carbons (Fsp3) is 0.643. The topological polar surface area (TPSA) is 32.8 Å². The van der Waals surface area contributed by atoms with E-state index in [1.54, 1.807) is 11.3 Å². The maximum atomic E-state index is 12.3. The molecule has 2 aliphatic rings. The Hall–Kier alpha value is -0.910. The highest BCUT2D eigenvalue weighted by molar-refractivity contribution is 7.07. The quantitative estimate of drug-likeness (QED) is 0.845. The third-order valence-corrected chi connectivity index (χ3v) is 4.70. The van der Waals surface area contributed by atoms with Crippen molar-refractivity contribution in [2.75, 3.05) is 39.4 Å². The molecule has 0 unspecified atom stereocenters. The number of thiophene rings is 1. The third-order valence-electron chi connectivity index (χ3n) is 3.99. The molecule has 1 atom stereocenters. The summed E-state index contributed by atoms with van der Waals surface area (Å²) in [4.78, 5) is 16.6. The summed E-state index contributed by atoms with van der Waals surface area (Å²) in [5.74, 6) is 0.255. The van der Waals surface area contributed by atoms with Gasteiger partial charge in [0, 0.05) is 19.1 Å². The van der Waals surface area contributed by atoms with Crippen molar-refractivity contribution in [3.8, 4) is 0 Å². The van der Waals surface area contributed by atoms with Crippen LogP contribution in [-0.2, 0) is 9.53 Å². The van der Waals surface area contributed by atoms with Crippen LogP contribution in [0, 0.1) is 0 Å². The zero-order chi connectivity index (χ0) is 13.1. The van der Waals surface area contributed by atoms with Crippen molar-refractivity contribution in [3.63, 3.8) is 0 Å². The molecule has 2 fully saturated rings. The minimum absolute atomic E-state index is 0.255. The van der Waals surface area contributed by atoms with E-state index < -0.39 is 0 Å². The predicted octanol–water partition coefficient (Wildman–Crippen LogP) is 1.74. The number of ether oxygens (including phenoxy) is 1. The first-order chi connectivity index (χ1) is 9.34. The lowest BCUT2D eigenvalue weighted by Crippen LogP contribution is -2.45. The van der Waals surface area contributed by atoms with Crippen molar-refractivity contribution in [2.24, 2.45) is 0 Å². The summed E-state index contributed by atoms with van der Waals surface area (Å²) < 4.78 is 5.29. The Balaban J connectivity index is 1.60. The van der Waals surface area contributed by atoms with Crippen LogP contribution in [0.4, 0.5) is 0 Å².